The summed E-state index contributed by atoms with van der Waals surface area (Å²) in [6, 6.07) is 17.5. The molecule has 0 heterocycles. The summed E-state index contributed by atoms with van der Waals surface area (Å²) < 4.78 is 49.0. The topological polar surface area (TPSA) is 84.9 Å². The molecule has 0 aliphatic heterocycles. The van der Waals surface area contributed by atoms with Gasteiger partial charge in [0.15, 0.2) is 0 Å². The van der Waals surface area contributed by atoms with Gasteiger partial charge in [0, 0.05) is 12.6 Å². The van der Waals surface area contributed by atoms with Crippen LogP contribution in [-0.2, 0) is 16.7 Å². The Labute approximate surface area is 199 Å². The third-order valence-electron chi connectivity index (χ3n) is 4.87. The van der Waals surface area contributed by atoms with Crippen molar-refractivity contribution < 1.29 is 26.5 Å². The van der Waals surface area contributed by atoms with E-state index in [-0.39, 0.29) is 29.3 Å². The number of carbonyl (C=O) groups excluding carboxylic acids is 1. The lowest BCUT2D eigenvalue weighted by Gasteiger charge is -2.27. The predicted molar refractivity (Wildman–Crippen MR) is 128 cm³/mol. The summed E-state index contributed by atoms with van der Waals surface area (Å²) in [6.45, 7) is 6.31. The molecule has 0 saturated heterocycles. The molecule has 0 spiro atoms. The van der Waals surface area contributed by atoms with Crippen LogP contribution >= 0.6 is 0 Å². The second-order valence-electron chi connectivity index (χ2n) is 7.72. The van der Waals surface area contributed by atoms with Crippen LogP contribution in [0.2, 0.25) is 0 Å². The van der Waals surface area contributed by atoms with E-state index in [9.17, 15) is 17.6 Å². The Bertz CT molecular complexity index is 1230. The summed E-state index contributed by atoms with van der Waals surface area (Å²) in [7, 11) is -4.13. The van der Waals surface area contributed by atoms with Gasteiger partial charge >= 0.3 is 16.1 Å². The molecule has 3 rings (SSSR count). The fraction of sp³-hybridized carbons (Fsp3) is 0.240. The van der Waals surface area contributed by atoms with Gasteiger partial charge in [0.25, 0.3) is 0 Å². The standard InChI is InChI=1S/C25H27FN2O5S/c1-4-32-24-11-6-5-10-23(24)27-25(29)28(18(2)3)17-19-8-7-9-21(16-19)33-34(30,31)22-14-12-20(26)13-15-22/h5-16,18H,4,17H2,1-3H3,(H,27,29). The number of hydrogen-bond donors (Lipinski definition) is 1. The van der Waals surface area contributed by atoms with Crippen LogP contribution in [0.5, 0.6) is 11.5 Å². The number of rotatable bonds is 9. The van der Waals surface area contributed by atoms with Crippen LogP contribution in [-0.4, -0.2) is 32.0 Å². The summed E-state index contributed by atoms with van der Waals surface area (Å²) in [5.74, 6) is 0.118. The normalized spacial score (nSPS) is 11.2. The van der Waals surface area contributed by atoms with E-state index in [2.05, 4.69) is 5.32 Å². The maximum atomic E-state index is 13.1. The Morgan fingerprint density at radius 2 is 1.74 bits per heavy atom. The Balaban J connectivity index is 1.76. The van der Waals surface area contributed by atoms with Gasteiger partial charge in [0.2, 0.25) is 0 Å². The molecule has 0 saturated carbocycles. The van der Waals surface area contributed by atoms with Crippen molar-refractivity contribution >= 4 is 21.8 Å². The quantitative estimate of drug-likeness (QED) is 0.408. The van der Waals surface area contributed by atoms with Crippen LogP contribution in [0.15, 0.2) is 77.7 Å². The van der Waals surface area contributed by atoms with Gasteiger partial charge in [-0.05, 0) is 74.9 Å². The average molecular weight is 487 g/mol. The maximum absolute atomic E-state index is 13.1. The van der Waals surface area contributed by atoms with Crippen LogP contribution in [0.1, 0.15) is 26.3 Å². The van der Waals surface area contributed by atoms with Crippen molar-refractivity contribution in [1.82, 2.24) is 4.90 Å². The van der Waals surface area contributed by atoms with E-state index < -0.39 is 15.9 Å². The fourth-order valence-corrected chi connectivity index (χ4v) is 4.12. The lowest BCUT2D eigenvalue weighted by molar-refractivity contribution is 0.193. The van der Waals surface area contributed by atoms with Crippen molar-refractivity contribution in [3.63, 3.8) is 0 Å². The number of nitrogens with one attached hydrogen (secondary N) is 1. The van der Waals surface area contributed by atoms with Crippen LogP contribution in [0.4, 0.5) is 14.9 Å². The number of carbonyl (C=O) groups is 1. The zero-order valence-corrected chi connectivity index (χ0v) is 20.0. The third kappa shape index (κ3) is 6.48. The van der Waals surface area contributed by atoms with E-state index in [0.717, 1.165) is 24.3 Å². The molecule has 1 N–H and O–H groups in total. The second-order valence-corrected chi connectivity index (χ2v) is 9.27. The average Bonchev–Trinajstić information content (AvgIpc) is 2.79. The summed E-state index contributed by atoms with van der Waals surface area (Å²) in [4.78, 5) is 14.5. The van der Waals surface area contributed by atoms with Crippen LogP contribution in [0.3, 0.4) is 0 Å². The molecule has 2 amide bonds. The summed E-state index contributed by atoms with van der Waals surface area (Å²) in [5, 5.41) is 2.88. The lowest BCUT2D eigenvalue weighted by Crippen LogP contribution is -2.39. The van der Waals surface area contributed by atoms with Gasteiger partial charge in [-0.15, -0.1) is 0 Å². The first-order chi connectivity index (χ1) is 16.2. The van der Waals surface area contributed by atoms with Crippen molar-refractivity contribution in [2.24, 2.45) is 0 Å². The molecular weight excluding hydrogens is 459 g/mol. The number of anilines is 1. The minimum absolute atomic E-state index is 0.0904. The van der Waals surface area contributed by atoms with Crippen molar-refractivity contribution in [2.45, 2.75) is 38.3 Å². The minimum Gasteiger partial charge on any atom is -0.492 e. The largest absolute Gasteiger partial charge is 0.492 e. The molecule has 0 aliphatic carbocycles. The van der Waals surface area contributed by atoms with Crippen molar-refractivity contribution in [3.05, 3.63) is 84.2 Å². The van der Waals surface area contributed by atoms with Gasteiger partial charge in [0.1, 0.15) is 22.2 Å². The first kappa shape index (κ1) is 25.0. The van der Waals surface area contributed by atoms with Gasteiger partial charge in [-0.1, -0.05) is 24.3 Å². The number of hydrogen-bond acceptors (Lipinski definition) is 5. The highest BCUT2D eigenvalue weighted by Gasteiger charge is 2.20. The van der Waals surface area contributed by atoms with E-state index in [1.165, 1.54) is 6.07 Å². The number of halogens is 1. The number of ether oxygens (including phenoxy) is 1. The van der Waals surface area contributed by atoms with E-state index in [0.29, 0.717) is 23.6 Å². The summed E-state index contributed by atoms with van der Waals surface area (Å²) in [6.07, 6.45) is 0. The second kappa shape index (κ2) is 11.0. The first-order valence-corrected chi connectivity index (χ1v) is 12.2. The zero-order valence-electron chi connectivity index (χ0n) is 19.2. The zero-order chi connectivity index (χ0) is 24.7. The smallest absolute Gasteiger partial charge is 0.339 e. The number of para-hydroxylation sites is 2. The Morgan fingerprint density at radius 1 is 1.03 bits per heavy atom. The van der Waals surface area contributed by atoms with Gasteiger partial charge < -0.3 is 19.1 Å². The van der Waals surface area contributed by atoms with Gasteiger partial charge in [-0.3, -0.25) is 0 Å². The molecular formula is C25H27FN2O5S. The highest BCUT2D eigenvalue weighted by molar-refractivity contribution is 7.87. The third-order valence-corrected chi connectivity index (χ3v) is 6.13. The van der Waals surface area contributed by atoms with Crippen molar-refractivity contribution in [1.29, 1.82) is 0 Å². The Hall–Kier alpha value is -3.59. The molecule has 3 aromatic carbocycles. The van der Waals surface area contributed by atoms with Crippen LogP contribution < -0.4 is 14.2 Å². The molecule has 180 valence electrons. The number of urea groups is 1. The molecule has 34 heavy (non-hydrogen) atoms. The number of nitrogens with zero attached hydrogens (tertiary/aromatic N) is 1. The molecule has 9 heteroatoms. The molecule has 7 nitrogen and oxygen atoms in total. The van der Waals surface area contributed by atoms with E-state index in [1.807, 2.05) is 26.8 Å². The predicted octanol–water partition coefficient (Wildman–Crippen LogP) is 5.43. The SMILES string of the molecule is CCOc1ccccc1NC(=O)N(Cc1cccc(OS(=O)(=O)c2ccc(F)cc2)c1)C(C)C. The minimum atomic E-state index is -4.13. The summed E-state index contributed by atoms with van der Waals surface area (Å²) >= 11 is 0. The van der Waals surface area contributed by atoms with Crippen LogP contribution in [0.25, 0.3) is 0 Å². The van der Waals surface area contributed by atoms with Gasteiger partial charge in [0.05, 0.1) is 12.3 Å². The van der Waals surface area contributed by atoms with Gasteiger partial charge in [-0.2, -0.15) is 8.42 Å². The molecule has 0 aromatic heterocycles. The monoisotopic (exact) mass is 486 g/mol. The molecule has 0 radical (unpaired) electrons. The lowest BCUT2D eigenvalue weighted by atomic mass is 10.2. The fourth-order valence-electron chi connectivity index (χ4n) is 3.20. The van der Waals surface area contributed by atoms with Crippen molar-refractivity contribution in [2.75, 3.05) is 11.9 Å². The Kier molecular flexibility index (Phi) is 8.12. The molecule has 0 bridgehead atoms. The van der Waals surface area contributed by atoms with E-state index in [1.54, 1.807) is 41.3 Å². The molecule has 0 atom stereocenters. The molecule has 0 fully saturated rings. The molecule has 3 aromatic rings. The number of benzene rings is 3. The summed E-state index contributed by atoms with van der Waals surface area (Å²) in [5.41, 5.74) is 1.23. The molecule has 0 aliphatic rings. The Morgan fingerprint density at radius 3 is 2.41 bits per heavy atom. The first-order valence-electron chi connectivity index (χ1n) is 10.8. The number of amides is 2. The maximum Gasteiger partial charge on any atom is 0.339 e. The van der Waals surface area contributed by atoms with E-state index in [4.69, 9.17) is 8.92 Å². The molecule has 0 unspecified atom stereocenters. The van der Waals surface area contributed by atoms with Crippen molar-refractivity contribution in [3.8, 4) is 11.5 Å². The highest BCUT2D eigenvalue weighted by atomic mass is 32.2. The van der Waals surface area contributed by atoms with Gasteiger partial charge in [-0.25, -0.2) is 9.18 Å². The van der Waals surface area contributed by atoms with Crippen LogP contribution in [0, 0.1) is 5.82 Å². The highest BCUT2D eigenvalue weighted by Crippen LogP contribution is 2.25. The van der Waals surface area contributed by atoms with E-state index >= 15 is 0 Å².